The topological polar surface area (TPSA) is 87.5 Å². The number of fused-ring (bicyclic) bond motifs is 1. The molecule has 25 heavy (non-hydrogen) atoms. The summed E-state index contributed by atoms with van der Waals surface area (Å²) in [6.07, 6.45) is 4.98. The molecule has 0 aromatic heterocycles. The lowest BCUT2D eigenvalue weighted by Crippen LogP contribution is -2.33. The number of benzene rings is 1. The van der Waals surface area contributed by atoms with Gasteiger partial charge in [-0.1, -0.05) is 30.4 Å². The van der Waals surface area contributed by atoms with Crippen LogP contribution in [-0.4, -0.2) is 29.2 Å². The van der Waals surface area contributed by atoms with Crippen LogP contribution < -0.4 is 0 Å². The molecule has 1 aromatic rings. The van der Waals surface area contributed by atoms with Gasteiger partial charge in [-0.25, -0.2) is 0 Å². The van der Waals surface area contributed by atoms with Gasteiger partial charge in [0.1, 0.15) is 6.61 Å². The van der Waals surface area contributed by atoms with Crippen LogP contribution >= 0.6 is 0 Å². The van der Waals surface area contributed by atoms with E-state index in [9.17, 15) is 14.4 Å². The Kier molecular flexibility index (Phi) is 4.94. The minimum absolute atomic E-state index is 0.000368. The second kappa shape index (κ2) is 7.31. The summed E-state index contributed by atoms with van der Waals surface area (Å²) in [6.45, 7) is 0.0447. The fourth-order valence-corrected chi connectivity index (χ4v) is 3.28. The SMILES string of the molecule is N#Cc1ccccc1COC(=O)CCN1C(=O)[C@@H]2CC=CC[C@H]2C1=O. The smallest absolute Gasteiger partial charge is 0.307 e. The largest absolute Gasteiger partial charge is 0.461 e. The molecule has 1 aliphatic carbocycles. The lowest BCUT2D eigenvalue weighted by molar-refractivity contribution is -0.146. The van der Waals surface area contributed by atoms with Gasteiger partial charge in [0.25, 0.3) is 0 Å². The molecule has 1 aromatic carbocycles. The number of esters is 1. The first-order valence-electron chi connectivity index (χ1n) is 8.25. The molecule has 2 amide bonds. The van der Waals surface area contributed by atoms with E-state index in [4.69, 9.17) is 10.00 Å². The minimum Gasteiger partial charge on any atom is -0.461 e. The highest BCUT2D eigenvalue weighted by Gasteiger charge is 2.46. The van der Waals surface area contributed by atoms with Crippen molar-refractivity contribution in [2.75, 3.05) is 6.54 Å². The zero-order chi connectivity index (χ0) is 17.8. The van der Waals surface area contributed by atoms with Gasteiger partial charge in [-0.2, -0.15) is 5.26 Å². The van der Waals surface area contributed by atoms with Gasteiger partial charge in [0.2, 0.25) is 11.8 Å². The number of nitrogens with zero attached hydrogens (tertiary/aromatic N) is 2. The van der Waals surface area contributed by atoms with Crippen LogP contribution in [0.5, 0.6) is 0 Å². The molecular weight excluding hydrogens is 320 g/mol. The van der Waals surface area contributed by atoms with E-state index in [1.54, 1.807) is 24.3 Å². The van der Waals surface area contributed by atoms with E-state index in [0.717, 1.165) is 0 Å². The summed E-state index contributed by atoms with van der Waals surface area (Å²) in [7, 11) is 0. The van der Waals surface area contributed by atoms with E-state index in [1.807, 2.05) is 18.2 Å². The molecule has 1 saturated heterocycles. The summed E-state index contributed by atoms with van der Waals surface area (Å²) in [5.41, 5.74) is 1.08. The highest BCUT2D eigenvalue weighted by Crippen LogP contribution is 2.35. The number of rotatable bonds is 5. The number of carbonyl (C=O) groups is 3. The Morgan fingerprint density at radius 1 is 1.16 bits per heavy atom. The molecule has 0 bridgehead atoms. The molecule has 0 unspecified atom stereocenters. The van der Waals surface area contributed by atoms with Crippen molar-refractivity contribution >= 4 is 17.8 Å². The first-order valence-corrected chi connectivity index (χ1v) is 8.25. The van der Waals surface area contributed by atoms with Gasteiger partial charge in [0.05, 0.1) is 29.9 Å². The van der Waals surface area contributed by atoms with Crippen LogP contribution in [0.4, 0.5) is 0 Å². The van der Waals surface area contributed by atoms with Gasteiger partial charge >= 0.3 is 5.97 Å². The van der Waals surface area contributed by atoms with Crippen molar-refractivity contribution in [1.82, 2.24) is 4.90 Å². The number of hydrogen-bond donors (Lipinski definition) is 0. The van der Waals surface area contributed by atoms with Crippen molar-refractivity contribution in [3.63, 3.8) is 0 Å². The number of hydrogen-bond acceptors (Lipinski definition) is 5. The van der Waals surface area contributed by atoms with Crippen LogP contribution in [0.25, 0.3) is 0 Å². The molecule has 6 heteroatoms. The van der Waals surface area contributed by atoms with Gasteiger partial charge in [-0.15, -0.1) is 0 Å². The summed E-state index contributed by atoms with van der Waals surface area (Å²) in [4.78, 5) is 37.7. The number of carbonyl (C=O) groups excluding carboxylic acids is 3. The zero-order valence-electron chi connectivity index (χ0n) is 13.7. The molecule has 2 atom stereocenters. The van der Waals surface area contributed by atoms with Crippen LogP contribution in [0, 0.1) is 23.2 Å². The van der Waals surface area contributed by atoms with E-state index in [-0.39, 0.29) is 43.2 Å². The van der Waals surface area contributed by atoms with Gasteiger partial charge in [-0.3, -0.25) is 19.3 Å². The zero-order valence-corrected chi connectivity index (χ0v) is 13.7. The molecule has 6 nitrogen and oxygen atoms in total. The fraction of sp³-hybridized carbons (Fsp3) is 0.368. The molecule has 0 spiro atoms. The summed E-state index contributed by atoms with van der Waals surface area (Å²) in [6, 6.07) is 8.92. The maximum Gasteiger partial charge on any atom is 0.307 e. The molecule has 1 fully saturated rings. The van der Waals surface area contributed by atoms with E-state index >= 15 is 0 Å². The van der Waals surface area contributed by atoms with E-state index in [0.29, 0.717) is 24.0 Å². The van der Waals surface area contributed by atoms with Crippen molar-refractivity contribution in [3.8, 4) is 6.07 Å². The summed E-state index contributed by atoms with van der Waals surface area (Å²) in [5, 5.41) is 9.01. The van der Waals surface area contributed by atoms with E-state index < -0.39 is 5.97 Å². The average molecular weight is 338 g/mol. The Labute approximate surface area is 145 Å². The van der Waals surface area contributed by atoms with Gasteiger partial charge in [0.15, 0.2) is 0 Å². The quantitative estimate of drug-likeness (QED) is 0.465. The molecule has 128 valence electrons. The molecule has 0 radical (unpaired) electrons. The molecular formula is C19H18N2O4. The average Bonchev–Trinajstić information content (AvgIpc) is 2.89. The lowest BCUT2D eigenvalue weighted by atomic mass is 9.85. The summed E-state index contributed by atoms with van der Waals surface area (Å²) >= 11 is 0. The maximum atomic E-state index is 12.3. The Morgan fingerprint density at radius 3 is 2.44 bits per heavy atom. The Balaban J connectivity index is 1.52. The molecule has 0 saturated carbocycles. The van der Waals surface area contributed by atoms with Crippen molar-refractivity contribution < 1.29 is 19.1 Å². The maximum absolute atomic E-state index is 12.3. The first-order chi connectivity index (χ1) is 12.1. The summed E-state index contributed by atoms with van der Waals surface area (Å²) in [5.74, 6) is -1.45. The highest BCUT2D eigenvalue weighted by molar-refractivity contribution is 6.05. The van der Waals surface area contributed by atoms with Crippen LogP contribution in [0.1, 0.15) is 30.4 Å². The van der Waals surface area contributed by atoms with Crippen LogP contribution in [0.15, 0.2) is 36.4 Å². The predicted molar refractivity (Wildman–Crippen MR) is 87.6 cm³/mol. The molecule has 2 aliphatic rings. The Bertz CT molecular complexity index is 752. The van der Waals surface area contributed by atoms with Crippen LogP contribution in [-0.2, 0) is 25.7 Å². The van der Waals surface area contributed by atoms with Crippen molar-refractivity contribution in [1.29, 1.82) is 5.26 Å². The first kappa shape index (κ1) is 16.9. The second-order valence-corrected chi connectivity index (χ2v) is 6.16. The number of amides is 2. The second-order valence-electron chi connectivity index (χ2n) is 6.16. The van der Waals surface area contributed by atoms with Gasteiger partial charge in [-0.05, 0) is 18.9 Å². The number of nitriles is 1. The van der Waals surface area contributed by atoms with Crippen molar-refractivity contribution in [2.24, 2.45) is 11.8 Å². The molecule has 1 heterocycles. The van der Waals surface area contributed by atoms with Gasteiger partial charge < -0.3 is 4.74 Å². The fourth-order valence-electron chi connectivity index (χ4n) is 3.28. The Morgan fingerprint density at radius 2 is 1.80 bits per heavy atom. The molecule has 0 N–H and O–H groups in total. The third-order valence-corrected chi connectivity index (χ3v) is 4.66. The monoisotopic (exact) mass is 338 g/mol. The minimum atomic E-state index is -0.499. The van der Waals surface area contributed by atoms with Crippen molar-refractivity contribution in [3.05, 3.63) is 47.5 Å². The number of likely N-dealkylation sites (tertiary alicyclic amines) is 1. The standard InChI is InChI=1S/C19H18N2O4/c20-11-13-5-1-2-6-14(13)12-25-17(22)9-10-21-18(23)15-7-3-4-8-16(15)19(21)24/h1-6,15-16H,7-10,12H2/t15-,16-/m1/s1. The van der Waals surface area contributed by atoms with E-state index in [1.165, 1.54) is 4.90 Å². The summed E-state index contributed by atoms with van der Waals surface area (Å²) < 4.78 is 5.17. The molecule has 1 aliphatic heterocycles. The normalized spacial score (nSPS) is 21.8. The van der Waals surface area contributed by atoms with Gasteiger partial charge in [0, 0.05) is 12.1 Å². The molecule has 3 rings (SSSR count). The Hall–Kier alpha value is -2.94. The third-order valence-electron chi connectivity index (χ3n) is 4.66. The predicted octanol–water partition coefficient (Wildman–Crippen LogP) is 1.94. The third kappa shape index (κ3) is 3.45. The van der Waals surface area contributed by atoms with E-state index in [2.05, 4.69) is 0 Å². The van der Waals surface area contributed by atoms with Crippen molar-refractivity contribution in [2.45, 2.75) is 25.9 Å². The number of ether oxygens (including phenoxy) is 1. The number of imide groups is 1. The highest BCUT2D eigenvalue weighted by atomic mass is 16.5. The van der Waals surface area contributed by atoms with Crippen LogP contribution in [0.3, 0.4) is 0 Å². The lowest BCUT2D eigenvalue weighted by Gasteiger charge is -2.14. The number of allylic oxidation sites excluding steroid dienone is 2. The van der Waals surface area contributed by atoms with Crippen LogP contribution in [0.2, 0.25) is 0 Å².